The maximum atomic E-state index is 12.6. The fourth-order valence-electron chi connectivity index (χ4n) is 2.29. The van der Waals surface area contributed by atoms with E-state index in [0.29, 0.717) is 16.3 Å². The third-order valence-corrected chi connectivity index (χ3v) is 4.39. The zero-order valence-corrected chi connectivity index (χ0v) is 14.6. The number of carbonyl (C=O) groups excluding carboxylic acids is 1. The first-order chi connectivity index (χ1) is 11.2. The van der Waals surface area contributed by atoms with Gasteiger partial charge in [0.2, 0.25) is 5.91 Å². The molecule has 2 N–H and O–H groups in total. The van der Waals surface area contributed by atoms with Crippen molar-refractivity contribution in [1.82, 2.24) is 0 Å². The van der Waals surface area contributed by atoms with E-state index in [2.05, 4.69) is 5.32 Å². The first-order valence-corrected chi connectivity index (χ1v) is 8.00. The number of carbonyl (C=O) groups is 2. The Balaban J connectivity index is 2.15. The lowest BCUT2D eigenvalue weighted by atomic mass is 9.83. The first-order valence-electron chi connectivity index (χ1n) is 7.62. The number of anilines is 1. The van der Waals surface area contributed by atoms with Crippen LogP contribution in [0.1, 0.15) is 37.8 Å². The van der Waals surface area contributed by atoms with Crippen molar-refractivity contribution in [2.45, 2.75) is 32.1 Å². The molecule has 0 radical (unpaired) electrons. The second kappa shape index (κ2) is 7.05. The molecule has 0 saturated carbocycles. The van der Waals surface area contributed by atoms with Crippen LogP contribution in [0.3, 0.4) is 0 Å². The molecule has 4 nitrogen and oxygen atoms in total. The lowest BCUT2D eigenvalue weighted by molar-refractivity contribution is -0.138. The van der Waals surface area contributed by atoms with Crippen LogP contribution < -0.4 is 5.32 Å². The van der Waals surface area contributed by atoms with Gasteiger partial charge in [-0.3, -0.25) is 9.59 Å². The van der Waals surface area contributed by atoms with Crippen molar-refractivity contribution >= 4 is 29.2 Å². The molecule has 0 aromatic heterocycles. The summed E-state index contributed by atoms with van der Waals surface area (Å²) in [4.78, 5) is 23.6. The van der Waals surface area contributed by atoms with E-state index >= 15 is 0 Å². The maximum Gasteiger partial charge on any atom is 0.310 e. The van der Waals surface area contributed by atoms with E-state index in [4.69, 9.17) is 16.7 Å². The Bertz CT molecular complexity index is 753. The molecule has 2 rings (SSSR count). The summed E-state index contributed by atoms with van der Waals surface area (Å²) < 4.78 is 0. The molecular formula is C19H20ClNO3. The van der Waals surface area contributed by atoms with Crippen molar-refractivity contribution in [3.63, 3.8) is 0 Å². The van der Waals surface area contributed by atoms with Gasteiger partial charge in [-0.2, -0.15) is 0 Å². The van der Waals surface area contributed by atoms with Gasteiger partial charge in [-0.25, -0.2) is 0 Å². The molecule has 5 heteroatoms. The van der Waals surface area contributed by atoms with E-state index in [1.807, 2.05) is 26.0 Å². The van der Waals surface area contributed by atoms with Crippen LogP contribution in [0.25, 0.3) is 0 Å². The van der Waals surface area contributed by atoms with E-state index in [1.54, 1.807) is 43.3 Å². The van der Waals surface area contributed by atoms with Gasteiger partial charge in [-0.15, -0.1) is 0 Å². The smallest absolute Gasteiger partial charge is 0.310 e. The molecule has 0 fully saturated rings. The lowest BCUT2D eigenvalue weighted by Gasteiger charge is -2.24. The van der Waals surface area contributed by atoms with Crippen molar-refractivity contribution in [3.05, 3.63) is 64.7 Å². The summed E-state index contributed by atoms with van der Waals surface area (Å²) >= 11 is 6.01. The Hall–Kier alpha value is -2.33. The predicted molar refractivity (Wildman–Crippen MR) is 95.6 cm³/mol. The lowest BCUT2D eigenvalue weighted by Crippen LogP contribution is -2.34. The highest BCUT2D eigenvalue weighted by Crippen LogP contribution is 2.27. The number of halogens is 1. The highest BCUT2D eigenvalue weighted by atomic mass is 35.5. The molecular weight excluding hydrogens is 326 g/mol. The van der Waals surface area contributed by atoms with Gasteiger partial charge in [0, 0.05) is 10.7 Å². The number of hydrogen-bond donors (Lipinski definition) is 2. The van der Waals surface area contributed by atoms with E-state index in [0.717, 1.165) is 5.56 Å². The number of hydrogen-bond acceptors (Lipinski definition) is 2. The Morgan fingerprint density at radius 3 is 2.29 bits per heavy atom. The molecule has 2 aromatic carbocycles. The first kappa shape index (κ1) is 18.0. The molecule has 24 heavy (non-hydrogen) atoms. The number of amides is 1. The maximum absolute atomic E-state index is 12.6. The summed E-state index contributed by atoms with van der Waals surface area (Å²) in [6.45, 7) is 5.28. The quantitative estimate of drug-likeness (QED) is 0.841. The van der Waals surface area contributed by atoms with Crippen LogP contribution in [0.4, 0.5) is 5.69 Å². The zero-order valence-electron chi connectivity index (χ0n) is 13.8. The van der Waals surface area contributed by atoms with Crippen molar-refractivity contribution in [2.75, 3.05) is 5.32 Å². The Labute approximate surface area is 146 Å². The number of nitrogens with one attached hydrogen (secondary N) is 1. The van der Waals surface area contributed by atoms with Gasteiger partial charge in [0.25, 0.3) is 0 Å². The van der Waals surface area contributed by atoms with Crippen LogP contribution in [0.2, 0.25) is 5.02 Å². The molecule has 0 bridgehead atoms. The molecule has 2 aromatic rings. The average molecular weight is 346 g/mol. The van der Waals surface area contributed by atoms with Crippen molar-refractivity contribution < 1.29 is 14.7 Å². The number of aliphatic carboxylic acids is 1. The van der Waals surface area contributed by atoms with Gasteiger partial charge < -0.3 is 10.4 Å². The highest BCUT2D eigenvalue weighted by molar-refractivity contribution is 6.30. The topological polar surface area (TPSA) is 66.4 Å². The van der Waals surface area contributed by atoms with Crippen LogP contribution >= 0.6 is 11.6 Å². The second-order valence-electron chi connectivity index (χ2n) is 6.27. The van der Waals surface area contributed by atoms with Gasteiger partial charge in [0.05, 0.1) is 11.3 Å². The Kier molecular flexibility index (Phi) is 5.30. The highest BCUT2D eigenvalue weighted by Gasteiger charge is 2.30. The largest absolute Gasteiger partial charge is 0.481 e. The van der Waals surface area contributed by atoms with E-state index < -0.39 is 17.3 Å². The van der Waals surface area contributed by atoms with Gasteiger partial charge in [0.15, 0.2) is 0 Å². The fourth-order valence-corrected chi connectivity index (χ4v) is 2.48. The van der Waals surface area contributed by atoms with Crippen LogP contribution in [-0.4, -0.2) is 17.0 Å². The summed E-state index contributed by atoms with van der Waals surface area (Å²) in [7, 11) is 0. The average Bonchev–Trinajstić information content (AvgIpc) is 2.54. The Morgan fingerprint density at radius 2 is 1.75 bits per heavy atom. The standard InChI is InChI=1S/C19H20ClNO3/c1-12(17(22)23)13-7-9-16(10-8-13)21-18(24)19(2,3)14-5-4-6-15(20)11-14/h4-12H,1-3H3,(H,21,24)(H,22,23). The number of rotatable bonds is 5. The van der Waals surface area contributed by atoms with Gasteiger partial charge in [-0.1, -0.05) is 35.9 Å². The molecule has 126 valence electrons. The van der Waals surface area contributed by atoms with Crippen LogP contribution in [0, 0.1) is 0 Å². The zero-order chi connectivity index (χ0) is 17.9. The van der Waals surface area contributed by atoms with Crippen molar-refractivity contribution in [2.24, 2.45) is 0 Å². The van der Waals surface area contributed by atoms with Crippen LogP contribution in [0.15, 0.2) is 48.5 Å². The molecule has 1 amide bonds. The summed E-state index contributed by atoms with van der Waals surface area (Å²) in [5.74, 6) is -1.63. The minimum atomic E-state index is -0.881. The van der Waals surface area contributed by atoms with E-state index in [1.165, 1.54) is 0 Å². The Morgan fingerprint density at radius 1 is 1.12 bits per heavy atom. The van der Waals surface area contributed by atoms with Gasteiger partial charge in [-0.05, 0) is 56.2 Å². The van der Waals surface area contributed by atoms with E-state index in [9.17, 15) is 9.59 Å². The summed E-state index contributed by atoms with van der Waals surface area (Å²) in [6, 6.07) is 14.1. The molecule has 0 saturated heterocycles. The summed E-state index contributed by atoms with van der Waals surface area (Å²) in [5, 5.41) is 12.5. The van der Waals surface area contributed by atoms with Crippen LogP contribution in [-0.2, 0) is 15.0 Å². The minimum Gasteiger partial charge on any atom is -0.481 e. The second-order valence-corrected chi connectivity index (χ2v) is 6.71. The van der Waals surface area contributed by atoms with Crippen molar-refractivity contribution in [3.8, 4) is 0 Å². The minimum absolute atomic E-state index is 0.163. The third-order valence-electron chi connectivity index (χ3n) is 4.15. The molecule has 0 aliphatic carbocycles. The number of carboxylic acid groups (broad SMARTS) is 1. The summed E-state index contributed by atoms with van der Waals surface area (Å²) in [6.07, 6.45) is 0. The molecule has 0 spiro atoms. The van der Waals surface area contributed by atoms with Crippen LogP contribution in [0.5, 0.6) is 0 Å². The number of carboxylic acids is 1. The van der Waals surface area contributed by atoms with Crippen molar-refractivity contribution in [1.29, 1.82) is 0 Å². The monoisotopic (exact) mass is 345 g/mol. The van der Waals surface area contributed by atoms with Gasteiger partial charge in [0.1, 0.15) is 0 Å². The van der Waals surface area contributed by atoms with Gasteiger partial charge >= 0.3 is 5.97 Å². The predicted octanol–water partition coefficient (Wildman–Crippen LogP) is 4.44. The molecule has 0 heterocycles. The summed E-state index contributed by atoms with van der Waals surface area (Å²) in [5.41, 5.74) is 1.38. The fraction of sp³-hybridized carbons (Fsp3) is 0.263. The number of benzene rings is 2. The normalized spacial score (nSPS) is 12.5. The van der Waals surface area contributed by atoms with E-state index in [-0.39, 0.29) is 5.91 Å². The SMILES string of the molecule is CC(C(=O)O)c1ccc(NC(=O)C(C)(C)c2cccc(Cl)c2)cc1. The molecule has 0 aliphatic heterocycles. The molecule has 1 unspecified atom stereocenters. The third kappa shape index (κ3) is 3.95. The molecule has 1 atom stereocenters. The molecule has 0 aliphatic rings.